The van der Waals surface area contributed by atoms with Crippen LogP contribution in [0.3, 0.4) is 0 Å². The number of nitrogens with zero attached hydrogens (tertiary/aromatic N) is 3. The van der Waals surface area contributed by atoms with Gasteiger partial charge in [0.1, 0.15) is 5.69 Å². The molecule has 8 heteroatoms. The lowest BCUT2D eigenvalue weighted by atomic mass is 9.98. The second-order valence-electron chi connectivity index (χ2n) is 14.3. The van der Waals surface area contributed by atoms with Crippen LogP contribution < -0.4 is 5.32 Å². The molecule has 1 aliphatic rings. The quantitative estimate of drug-likeness (QED) is 0.137. The number of aliphatic hydroxyl groups excluding tert-OH is 1. The zero-order valence-corrected chi connectivity index (χ0v) is 31.0. The third kappa shape index (κ3) is 8.33. The number of aromatic nitrogens is 2. The summed E-state index contributed by atoms with van der Waals surface area (Å²) in [5, 5.41) is 15.1. The molecular weight excluding hydrogens is 685 g/mol. The highest BCUT2D eigenvalue weighted by Crippen LogP contribution is 2.39. The predicted octanol–water partition coefficient (Wildman–Crippen LogP) is 9.11. The Morgan fingerprint density at radius 2 is 1.53 bits per heavy atom. The fourth-order valence-electron chi connectivity index (χ4n) is 7.27. The summed E-state index contributed by atoms with van der Waals surface area (Å²) in [6.45, 7) is 3.34. The van der Waals surface area contributed by atoms with Gasteiger partial charge in [0.05, 0.1) is 36.0 Å². The number of benzene rings is 6. The van der Waals surface area contributed by atoms with Crippen LogP contribution in [0, 0.1) is 0 Å². The second-order valence-corrected chi connectivity index (χ2v) is 14.3. The van der Waals surface area contributed by atoms with Crippen LogP contribution in [0.5, 0.6) is 0 Å². The van der Waals surface area contributed by atoms with E-state index in [0.717, 1.165) is 45.4 Å². The Hall–Kier alpha value is -5.77. The maximum Gasteiger partial charge on any atom is 0.271 e. The van der Waals surface area contributed by atoms with Crippen LogP contribution in [0.2, 0.25) is 0 Å². The molecule has 8 nitrogen and oxygen atoms in total. The second kappa shape index (κ2) is 16.3. The number of fused-ring (bicyclic) bond motifs is 2. The van der Waals surface area contributed by atoms with Gasteiger partial charge in [0.2, 0.25) is 0 Å². The molecule has 1 aliphatic heterocycles. The van der Waals surface area contributed by atoms with E-state index in [1.165, 1.54) is 22.5 Å². The van der Waals surface area contributed by atoms with Gasteiger partial charge in [0.25, 0.3) is 5.91 Å². The smallest absolute Gasteiger partial charge is 0.271 e. The molecule has 1 amide bonds. The van der Waals surface area contributed by atoms with Gasteiger partial charge < -0.3 is 19.9 Å². The Morgan fingerprint density at radius 3 is 2.33 bits per heavy atom. The SMILES string of the molecule is C[C@H](c1ccc2ccccc2c1)N(C)C[C@@H]1C[C@H](c2ccc(CO)cc2)O[C@H](c2ccc(-c3cccc(CNC(=O)c4cnc5ccccc5n4)c3)cc2)O1. The lowest BCUT2D eigenvalue weighted by molar-refractivity contribution is -0.253. The largest absolute Gasteiger partial charge is 0.392 e. The highest BCUT2D eigenvalue weighted by Gasteiger charge is 2.33. The minimum atomic E-state index is -0.556. The molecule has 276 valence electrons. The first-order valence-electron chi connectivity index (χ1n) is 18.8. The van der Waals surface area contributed by atoms with Crippen molar-refractivity contribution < 1.29 is 19.4 Å². The molecule has 0 radical (unpaired) electrons. The molecule has 2 N–H and O–H groups in total. The number of likely N-dealkylation sites (N-methyl/N-ethyl adjacent to an activating group) is 1. The van der Waals surface area contributed by atoms with E-state index in [9.17, 15) is 9.90 Å². The fourth-order valence-corrected chi connectivity index (χ4v) is 7.27. The van der Waals surface area contributed by atoms with Crippen LogP contribution in [-0.4, -0.2) is 45.6 Å². The van der Waals surface area contributed by atoms with E-state index >= 15 is 0 Å². The number of nitrogens with one attached hydrogen (secondary N) is 1. The molecule has 1 aromatic heterocycles. The number of para-hydroxylation sites is 2. The number of hydrogen-bond donors (Lipinski definition) is 2. The Balaban J connectivity index is 0.964. The van der Waals surface area contributed by atoms with Gasteiger partial charge in [-0.25, -0.2) is 4.98 Å². The minimum absolute atomic E-state index is 0.00201. The van der Waals surface area contributed by atoms with E-state index in [1.54, 1.807) is 0 Å². The first kappa shape index (κ1) is 36.2. The number of rotatable bonds is 11. The third-order valence-corrected chi connectivity index (χ3v) is 10.6. The summed E-state index contributed by atoms with van der Waals surface area (Å²) in [4.78, 5) is 24.1. The van der Waals surface area contributed by atoms with Crippen LogP contribution in [0.25, 0.3) is 32.9 Å². The summed E-state index contributed by atoms with van der Waals surface area (Å²) in [6, 6.07) is 47.3. The monoisotopic (exact) mass is 728 g/mol. The fraction of sp³-hybridized carbons (Fsp3) is 0.213. The van der Waals surface area contributed by atoms with Crippen molar-refractivity contribution in [2.24, 2.45) is 0 Å². The molecule has 1 saturated heterocycles. The molecule has 0 spiro atoms. The first-order valence-corrected chi connectivity index (χ1v) is 18.8. The molecule has 1 fully saturated rings. The predicted molar refractivity (Wildman–Crippen MR) is 216 cm³/mol. The van der Waals surface area contributed by atoms with E-state index < -0.39 is 6.29 Å². The Labute approximate surface area is 321 Å². The van der Waals surface area contributed by atoms with Crippen LogP contribution in [0.15, 0.2) is 146 Å². The van der Waals surface area contributed by atoms with Gasteiger partial charge in [-0.3, -0.25) is 14.7 Å². The molecule has 6 aromatic carbocycles. The summed E-state index contributed by atoms with van der Waals surface area (Å²) >= 11 is 0. The first-order chi connectivity index (χ1) is 26.9. The lowest BCUT2D eigenvalue weighted by Crippen LogP contribution is -2.38. The molecule has 0 bridgehead atoms. The molecule has 4 atom stereocenters. The van der Waals surface area contributed by atoms with Gasteiger partial charge in [0, 0.05) is 31.1 Å². The molecular formula is C47H44N4O4. The summed E-state index contributed by atoms with van der Waals surface area (Å²) < 4.78 is 13.4. The van der Waals surface area contributed by atoms with Gasteiger partial charge in [-0.1, -0.05) is 115 Å². The van der Waals surface area contributed by atoms with Gasteiger partial charge in [-0.15, -0.1) is 0 Å². The maximum atomic E-state index is 12.9. The highest BCUT2D eigenvalue weighted by atomic mass is 16.7. The molecule has 8 rings (SSSR count). The summed E-state index contributed by atoms with van der Waals surface area (Å²) in [5.41, 5.74) is 8.93. The van der Waals surface area contributed by atoms with E-state index in [4.69, 9.17) is 9.47 Å². The summed E-state index contributed by atoms with van der Waals surface area (Å²) in [6.07, 6.45) is 1.41. The Morgan fingerprint density at radius 1 is 0.782 bits per heavy atom. The molecule has 0 unspecified atom stereocenters. The van der Waals surface area contributed by atoms with Crippen molar-refractivity contribution in [2.45, 2.75) is 51.0 Å². The van der Waals surface area contributed by atoms with Crippen molar-refractivity contribution in [1.29, 1.82) is 0 Å². The topological polar surface area (TPSA) is 96.8 Å². The number of aliphatic hydroxyl groups is 1. The number of carbonyl (C=O) groups is 1. The average molecular weight is 729 g/mol. The number of carbonyl (C=O) groups excluding carboxylic acids is 1. The van der Waals surface area contributed by atoms with Gasteiger partial charge in [-0.05, 0) is 82.4 Å². The molecule has 7 aromatic rings. The van der Waals surface area contributed by atoms with Gasteiger partial charge >= 0.3 is 0 Å². The van der Waals surface area contributed by atoms with Crippen molar-refractivity contribution >= 4 is 27.7 Å². The normalized spacial score (nSPS) is 17.7. The van der Waals surface area contributed by atoms with Gasteiger partial charge in [0.15, 0.2) is 6.29 Å². The number of amides is 1. The van der Waals surface area contributed by atoms with Crippen LogP contribution in [0.4, 0.5) is 0 Å². The number of hydrogen-bond acceptors (Lipinski definition) is 7. The van der Waals surface area contributed by atoms with Crippen molar-refractivity contribution in [3.05, 3.63) is 179 Å². The van der Waals surface area contributed by atoms with E-state index in [1.807, 2.05) is 60.7 Å². The van der Waals surface area contributed by atoms with Crippen LogP contribution in [-0.2, 0) is 22.6 Å². The number of ether oxygens (including phenoxy) is 2. The van der Waals surface area contributed by atoms with Crippen molar-refractivity contribution in [1.82, 2.24) is 20.2 Å². The third-order valence-electron chi connectivity index (χ3n) is 10.6. The lowest BCUT2D eigenvalue weighted by Gasteiger charge is -2.39. The van der Waals surface area contributed by atoms with Crippen molar-refractivity contribution in [3.8, 4) is 11.1 Å². The average Bonchev–Trinajstić information content (AvgIpc) is 3.25. The molecule has 0 saturated carbocycles. The summed E-state index contributed by atoms with van der Waals surface area (Å²) in [5.74, 6) is -0.268. The van der Waals surface area contributed by atoms with Crippen LogP contribution in [0.1, 0.15) is 70.1 Å². The van der Waals surface area contributed by atoms with Gasteiger partial charge in [-0.2, -0.15) is 0 Å². The van der Waals surface area contributed by atoms with E-state index in [-0.39, 0.29) is 36.5 Å². The van der Waals surface area contributed by atoms with E-state index in [2.05, 4.69) is 113 Å². The highest BCUT2D eigenvalue weighted by molar-refractivity contribution is 5.93. The zero-order valence-electron chi connectivity index (χ0n) is 31.0. The van der Waals surface area contributed by atoms with Crippen LogP contribution >= 0.6 is 0 Å². The summed E-state index contributed by atoms with van der Waals surface area (Å²) in [7, 11) is 2.16. The Bertz CT molecular complexity index is 2420. The van der Waals surface area contributed by atoms with Crippen molar-refractivity contribution in [2.75, 3.05) is 13.6 Å². The molecule has 55 heavy (non-hydrogen) atoms. The maximum absolute atomic E-state index is 12.9. The minimum Gasteiger partial charge on any atom is -0.392 e. The Kier molecular flexibility index (Phi) is 10.7. The molecule has 2 heterocycles. The molecule has 0 aliphatic carbocycles. The zero-order chi connectivity index (χ0) is 37.7. The van der Waals surface area contributed by atoms with Crippen molar-refractivity contribution in [3.63, 3.8) is 0 Å². The standard InChI is InChI=1S/C47H44N4O4/c1-31(38-23-20-34-9-3-4-10-40(34)25-38)51(2)29-41-26-45(36-16-14-32(30-52)15-17-36)55-47(54-41)37-21-18-35(19-22-37)39-11-7-8-33(24-39)27-49-46(53)44-28-48-42-12-5-6-13-43(42)50-44/h3-25,28,31,41,45,47,52H,26-27,29-30H2,1-2H3,(H,49,53)/t31-,41+,45-,47-/m1/s1. The van der Waals surface area contributed by atoms with E-state index in [0.29, 0.717) is 18.5 Å².